The maximum Gasteiger partial charge on any atom is 0.389 e. The van der Waals surface area contributed by atoms with Crippen LogP contribution in [0.2, 0.25) is 0 Å². The van der Waals surface area contributed by atoms with Crippen molar-refractivity contribution in [3.8, 4) is 0 Å². The van der Waals surface area contributed by atoms with Gasteiger partial charge in [-0.3, -0.25) is 4.79 Å². The van der Waals surface area contributed by atoms with Crippen molar-refractivity contribution in [3.63, 3.8) is 0 Å². The minimum Gasteiger partial charge on any atom is -0.481 e. The minimum absolute atomic E-state index is 0.0682. The van der Waals surface area contributed by atoms with Gasteiger partial charge in [0.25, 0.3) is 0 Å². The van der Waals surface area contributed by atoms with E-state index >= 15 is 0 Å². The summed E-state index contributed by atoms with van der Waals surface area (Å²) in [5.74, 6) is -2.09. The van der Waals surface area contributed by atoms with Crippen molar-refractivity contribution in [1.82, 2.24) is 0 Å². The number of carboxylic acids is 1. The zero-order valence-corrected chi connectivity index (χ0v) is 21.9. The lowest BCUT2D eigenvalue weighted by atomic mass is 9.92. The highest BCUT2D eigenvalue weighted by molar-refractivity contribution is 6.02. The van der Waals surface area contributed by atoms with Gasteiger partial charge in [-0.15, -0.1) is 0 Å². The molecular formula is C29H36F3N3O3. The fourth-order valence-electron chi connectivity index (χ4n) is 5.53. The third kappa shape index (κ3) is 7.42. The van der Waals surface area contributed by atoms with Crippen LogP contribution in [0.5, 0.6) is 0 Å². The summed E-state index contributed by atoms with van der Waals surface area (Å²) >= 11 is 0. The standard InChI is InChI=1S/C29H36F3N3O3/c1-18-8-11-21(12-9-18)33-28(38)34-25-14-20(23-15-24(23)27(36)37)10-13-26(25)35(22-6-4-3-5-7-22)17-19(2)16-29(30,31)32/h8-14,19,22-24H,3-7,15-17H2,1-2H3,(H,36,37)(H2,33,34,38). The molecule has 3 atom stereocenters. The van der Waals surface area contributed by atoms with Crippen LogP contribution in [0, 0.1) is 18.8 Å². The fourth-order valence-corrected chi connectivity index (χ4v) is 5.53. The van der Waals surface area contributed by atoms with Crippen LogP contribution in [0.3, 0.4) is 0 Å². The summed E-state index contributed by atoms with van der Waals surface area (Å²) < 4.78 is 39.6. The van der Waals surface area contributed by atoms with Gasteiger partial charge in [-0.05, 0) is 67.9 Å². The molecule has 0 heterocycles. The van der Waals surface area contributed by atoms with Gasteiger partial charge in [-0.2, -0.15) is 13.2 Å². The second-order valence-corrected chi connectivity index (χ2v) is 10.9. The van der Waals surface area contributed by atoms with Gasteiger partial charge in [-0.25, -0.2) is 4.79 Å². The van der Waals surface area contributed by atoms with Gasteiger partial charge in [-0.1, -0.05) is 49.9 Å². The number of anilines is 3. The maximum absolute atomic E-state index is 13.2. The normalized spacial score (nSPS) is 20.4. The molecule has 2 saturated carbocycles. The number of hydrogen-bond donors (Lipinski definition) is 3. The largest absolute Gasteiger partial charge is 0.481 e. The SMILES string of the molecule is Cc1ccc(NC(=O)Nc2cc(C3CC3C(=O)O)ccc2N(CC(C)CC(F)(F)F)C2CCCCC2)cc1. The van der Waals surface area contributed by atoms with Crippen LogP contribution < -0.4 is 15.5 Å². The molecule has 2 aromatic rings. The monoisotopic (exact) mass is 531 g/mol. The number of nitrogens with zero attached hydrogens (tertiary/aromatic N) is 1. The topological polar surface area (TPSA) is 81.7 Å². The number of halogens is 3. The van der Waals surface area contributed by atoms with Crippen molar-refractivity contribution in [2.75, 3.05) is 22.1 Å². The molecule has 6 nitrogen and oxygen atoms in total. The Morgan fingerprint density at radius 3 is 2.34 bits per heavy atom. The summed E-state index contributed by atoms with van der Waals surface area (Å²) in [6.07, 6.45) is 0.250. The molecule has 2 aliphatic carbocycles. The molecular weight excluding hydrogens is 495 g/mol. The second-order valence-electron chi connectivity index (χ2n) is 10.9. The second kappa shape index (κ2) is 11.7. The highest BCUT2D eigenvalue weighted by Gasteiger charge is 2.44. The number of amides is 2. The highest BCUT2D eigenvalue weighted by Crippen LogP contribution is 2.49. The zero-order valence-electron chi connectivity index (χ0n) is 21.9. The van der Waals surface area contributed by atoms with E-state index in [0.29, 0.717) is 23.5 Å². The Labute approximate surface area is 221 Å². The van der Waals surface area contributed by atoms with E-state index in [0.717, 1.165) is 43.2 Å². The first-order valence-electron chi connectivity index (χ1n) is 13.3. The first-order valence-corrected chi connectivity index (χ1v) is 13.3. The molecule has 2 amide bonds. The van der Waals surface area contributed by atoms with Crippen LogP contribution in [0.1, 0.15) is 68.9 Å². The third-order valence-corrected chi connectivity index (χ3v) is 7.53. The molecule has 0 radical (unpaired) electrons. The van der Waals surface area contributed by atoms with Crippen molar-refractivity contribution in [3.05, 3.63) is 53.6 Å². The van der Waals surface area contributed by atoms with Crippen LogP contribution in [-0.4, -0.2) is 35.9 Å². The van der Waals surface area contributed by atoms with Gasteiger partial charge in [0.05, 0.1) is 17.3 Å². The molecule has 3 unspecified atom stereocenters. The molecule has 9 heteroatoms. The average molecular weight is 532 g/mol. The molecule has 206 valence electrons. The lowest BCUT2D eigenvalue weighted by Crippen LogP contribution is -2.41. The summed E-state index contributed by atoms with van der Waals surface area (Å²) in [5.41, 5.74) is 3.62. The van der Waals surface area contributed by atoms with Crippen LogP contribution >= 0.6 is 0 Å². The summed E-state index contributed by atoms with van der Waals surface area (Å²) in [5, 5.41) is 15.1. The average Bonchev–Trinajstić information content (AvgIpc) is 3.65. The van der Waals surface area contributed by atoms with Gasteiger partial charge in [0, 0.05) is 24.7 Å². The van der Waals surface area contributed by atoms with Crippen molar-refractivity contribution in [2.24, 2.45) is 11.8 Å². The number of benzene rings is 2. The molecule has 3 N–H and O–H groups in total. The predicted molar refractivity (Wildman–Crippen MR) is 143 cm³/mol. The van der Waals surface area contributed by atoms with E-state index < -0.39 is 36.4 Å². The number of urea groups is 1. The minimum atomic E-state index is -4.26. The molecule has 0 bridgehead atoms. The fraction of sp³-hybridized carbons (Fsp3) is 0.517. The molecule has 2 aromatic carbocycles. The van der Waals surface area contributed by atoms with Crippen molar-refractivity contribution >= 4 is 29.1 Å². The molecule has 2 fully saturated rings. The molecule has 4 rings (SSSR count). The summed E-state index contributed by atoms with van der Waals surface area (Å²) in [7, 11) is 0. The summed E-state index contributed by atoms with van der Waals surface area (Å²) in [6, 6.07) is 12.4. The molecule has 38 heavy (non-hydrogen) atoms. The Hall–Kier alpha value is -3.23. The number of hydrogen-bond acceptors (Lipinski definition) is 3. The first-order chi connectivity index (χ1) is 18.0. The van der Waals surface area contributed by atoms with Crippen LogP contribution in [-0.2, 0) is 4.79 Å². The number of carboxylic acid groups (broad SMARTS) is 1. The van der Waals surface area contributed by atoms with Crippen molar-refractivity contribution in [2.45, 2.75) is 76.9 Å². The van der Waals surface area contributed by atoms with Gasteiger partial charge >= 0.3 is 18.2 Å². The van der Waals surface area contributed by atoms with Crippen LogP contribution in [0.15, 0.2) is 42.5 Å². The highest BCUT2D eigenvalue weighted by atomic mass is 19.4. The Morgan fingerprint density at radius 1 is 1.05 bits per heavy atom. The van der Waals surface area contributed by atoms with E-state index in [-0.39, 0.29) is 18.5 Å². The van der Waals surface area contributed by atoms with E-state index in [9.17, 15) is 27.9 Å². The third-order valence-electron chi connectivity index (χ3n) is 7.53. The maximum atomic E-state index is 13.2. The number of aliphatic carboxylic acids is 1. The Balaban J connectivity index is 1.64. The Kier molecular flexibility index (Phi) is 8.53. The van der Waals surface area contributed by atoms with Crippen LogP contribution in [0.25, 0.3) is 0 Å². The Morgan fingerprint density at radius 2 is 1.74 bits per heavy atom. The number of alkyl halides is 3. The van der Waals surface area contributed by atoms with Gasteiger partial charge in [0.15, 0.2) is 0 Å². The molecule has 0 saturated heterocycles. The summed E-state index contributed by atoms with van der Waals surface area (Å²) in [4.78, 5) is 26.5. The number of aryl methyl sites for hydroxylation is 1. The van der Waals surface area contributed by atoms with Crippen molar-refractivity contribution < 1.29 is 27.9 Å². The van der Waals surface area contributed by atoms with Gasteiger partial charge in [0.2, 0.25) is 0 Å². The quantitative estimate of drug-likeness (QED) is 0.312. The number of nitrogens with one attached hydrogen (secondary N) is 2. The first kappa shape index (κ1) is 27.8. The Bertz CT molecular complexity index is 1130. The predicted octanol–water partition coefficient (Wildman–Crippen LogP) is 7.55. The van der Waals surface area contributed by atoms with Crippen molar-refractivity contribution in [1.29, 1.82) is 0 Å². The van der Waals surface area contributed by atoms with Crippen LogP contribution in [0.4, 0.5) is 35.0 Å². The molecule has 0 spiro atoms. The van der Waals surface area contributed by atoms with E-state index in [2.05, 4.69) is 10.6 Å². The molecule has 0 aromatic heterocycles. The van der Waals surface area contributed by atoms with E-state index in [4.69, 9.17) is 0 Å². The molecule has 2 aliphatic rings. The molecule has 0 aliphatic heterocycles. The lowest BCUT2D eigenvalue weighted by Gasteiger charge is -2.39. The zero-order chi connectivity index (χ0) is 27.4. The lowest BCUT2D eigenvalue weighted by molar-refractivity contribution is -0.142. The van der Waals surface area contributed by atoms with Gasteiger partial charge in [0.1, 0.15) is 0 Å². The smallest absolute Gasteiger partial charge is 0.389 e. The number of carbonyl (C=O) groups is 2. The van der Waals surface area contributed by atoms with Gasteiger partial charge < -0.3 is 20.6 Å². The number of carbonyl (C=O) groups excluding carboxylic acids is 1. The van der Waals surface area contributed by atoms with E-state index in [1.54, 1.807) is 25.1 Å². The summed E-state index contributed by atoms with van der Waals surface area (Å²) in [6.45, 7) is 3.76. The van der Waals surface area contributed by atoms with E-state index in [1.807, 2.05) is 36.1 Å². The number of rotatable bonds is 9. The van der Waals surface area contributed by atoms with E-state index in [1.165, 1.54) is 0 Å².